The first-order valence-electron chi connectivity index (χ1n) is 6.05. The molecule has 1 unspecified atom stereocenters. The molecule has 86 valence electrons. The van der Waals surface area contributed by atoms with Gasteiger partial charge in [0, 0.05) is 6.54 Å². The second kappa shape index (κ2) is 4.12. The van der Waals surface area contributed by atoms with Crippen LogP contribution in [0.15, 0.2) is 0 Å². The van der Waals surface area contributed by atoms with Crippen LogP contribution in [-0.4, -0.2) is 25.5 Å². The van der Waals surface area contributed by atoms with E-state index in [2.05, 4.69) is 24.5 Å². The lowest BCUT2D eigenvalue weighted by atomic mass is 10.1. The van der Waals surface area contributed by atoms with E-state index in [0.717, 1.165) is 24.9 Å². The number of nitrogens with one attached hydrogen (secondary N) is 2. The van der Waals surface area contributed by atoms with Gasteiger partial charge in [-0.1, -0.05) is 13.8 Å². The van der Waals surface area contributed by atoms with Crippen molar-refractivity contribution < 1.29 is 4.79 Å². The lowest BCUT2D eigenvalue weighted by molar-refractivity contribution is -0.120. The molecule has 1 atom stereocenters. The van der Waals surface area contributed by atoms with E-state index in [4.69, 9.17) is 0 Å². The zero-order chi connectivity index (χ0) is 10.9. The van der Waals surface area contributed by atoms with Gasteiger partial charge in [-0.05, 0) is 43.1 Å². The molecule has 0 heterocycles. The fourth-order valence-corrected chi connectivity index (χ4v) is 1.93. The maximum atomic E-state index is 11.4. The molecule has 0 aromatic heterocycles. The molecule has 0 saturated heterocycles. The lowest BCUT2D eigenvalue weighted by Crippen LogP contribution is -2.35. The highest BCUT2D eigenvalue weighted by molar-refractivity contribution is 5.77. The monoisotopic (exact) mass is 210 g/mol. The van der Waals surface area contributed by atoms with Crippen molar-refractivity contribution in [3.63, 3.8) is 0 Å². The molecule has 0 spiro atoms. The molecule has 3 nitrogen and oxygen atoms in total. The Morgan fingerprint density at radius 1 is 1.33 bits per heavy atom. The highest BCUT2D eigenvalue weighted by Gasteiger charge is 2.44. The SMILES string of the molecule is CC1(C)CC1CNCC(=O)NCC1CC1. The summed E-state index contributed by atoms with van der Waals surface area (Å²) < 4.78 is 0. The van der Waals surface area contributed by atoms with Gasteiger partial charge < -0.3 is 10.6 Å². The van der Waals surface area contributed by atoms with E-state index in [0.29, 0.717) is 12.0 Å². The van der Waals surface area contributed by atoms with Crippen LogP contribution in [0.1, 0.15) is 33.1 Å². The third-order valence-corrected chi connectivity index (χ3v) is 3.68. The fourth-order valence-electron chi connectivity index (χ4n) is 1.93. The summed E-state index contributed by atoms with van der Waals surface area (Å²) >= 11 is 0. The van der Waals surface area contributed by atoms with Crippen molar-refractivity contribution in [3.05, 3.63) is 0 Å². The molecular weight excluding hydrogens is 188 g/mol. The summed E-state index contributed by atoms with van der Waals surface area (Å²) in [6.45, 7) is 6.93. The van der Waals surface area contributed by atoms with Gasteiger partial charge in [0.15, 0.2) is 0 Å². The first-order chi connectivity index (χ1) is 7.08. The van der Waals surface area contributed by atoms with Gasteiger partial charge in [0.2, 0.25) is 5.91 Å². The largest absolute Gasteiger partial charge is 0.355 e. The van der Waals surface area contributed by atoms with Gasteiger partial charge in [0.1, 0.15) is 0 Å². The van der Waals surface area contributed by atoms with Crippen molar-refractivity contribution in [2.45, 2.75) is 33.1 Å². The molecule has 0 radical (unpaired) electrons. The first-order valence-corrected chi connectivity index (χ1v) is 6.05. The number of hydrogen-bond donors (Lipinski definition) is 2. The van der Waals surface area contributed by atoms with Gasteiger partial charge >= 0.3 is 0 Å². The Kier molecular flexibility index (Phi) is 3.01. The summed E-state index contributed by atoms with van der Waals surface area (Å²) in [4.78, 5) is 11.4. The van der Waals surface area contributed by atoms with E-state index in [-0.39, 0.29) is 5.91 Å². The number of rotatable bonds is 6. The predicted molar refractivity (Wildman–Crippen MR) is 60.5 cm³/mol. The Hall–Kier alpha value is -0.570. The average molecular weight is 210 g/mol. The quantitative estimate of drug-likeness (QED) is 0.690. The topological polar surface area (TPSA) is 41.1 Å². The summed E-state index contributed by atoms with van der Waals surface area (Å²) in [5, 5.41) is 6.19. The molecular formula is C12H22N2O. The van der Waals surface area contributed by atoms with Gasteiger partial charge in [0.05, 0.1) is 6.54 Å². The van der Waals surface area contributed by atoms with Crippen LogP contribution in [0, 0.1) is 17.3 Å². The van der Waals surface area contributed by atoms with Crippen molar-refractivity contribution >= 4 is 5.91 Å². The van der Waals surface area contributed by atoms with Crippen LogP contribution in [0.5, 0.6) is 0 Å². The van der Waals surface area contributed by atoms with Gasteiger partial charge in [-0.2, -0.15) is 0 Å². The van der Waals surface area contributed by atoms with Gasteiger partial charge in [-0.3, -0.25) is 4.79 Å². The standard InChI is InChI=1S/C12H22N2O/c1-12(2)5-10(12)7-13-8-11(15)14-6-9-3-4-9/h9-10,13H,3-8H2,1-2H3,(H,14,15). The molecule has 15 heavy (non-hydrogen) atoms. The lowest BCUT2D eigenvalue weighted by Gasteiger charge is -2.06. The smallest absolute Gasteiger partial charge is 0.233 e. The van der Waals surface area contributed by atoms with Crippen LogP contribution in [0.25, 0.3) is 0 Å². The Morgan fingerprint density at radius 3 is 2.53 bits per heavy atom. The molecule has 2 aliphatic rings. The van der Waals surface area contributed by atoms with Gasteiger partial charge in [-0.15, -0.1) is 0 Å². The molecule has 1 amide bonds. The molecule has 2 saturated carbocycles. The van der Waals surface area contributed by atoms with Crippen LogP contribution in [0.3, 0.4) is 0 Å². The average Bonchev–Trinajstić information content (AvgIpc) is 3.03. The summed E-state index contributed by atoms with van der Waals surface area (Å²) in [6, 6.07) is 0. The second-order valence-corrected chi connectivity index (χ2v) is 5.77. The van der Waals surface area contributed by atoms with E-state index in [1.54, 1.807) is 0 Å². The molecule has 0 aromatic rings. The van der Waals surface area contributed by atoms with E-state index < -0.39 is 0 Å². The zero-order valence-electron chi connectivity index (χ0n) is 9.81. The minimum Gasteiger partial charge on any atom is -0.355 e. The maximum absolute atomic E-state index is 11.4. The fraction of sp³-hybridized carbons (Fsp3) is 0.917. The first kappa shape index (κ1) is 10.9. The maximum Gasteiger partial charge on any atom is 0.233 e. The molecule has 2 fully saturated rings. The molecule has 0 aliphatic heterocycles. The molecule has 2 rings (SSSR count). The predicted octanol–water partition coefficient (Wildman–Crippen LogP) is 1.15. The Labute approximate surface area is 92.0 Å². The van der Waals surface area contributed by atoms with Crippen molar-refractivity contribution in [1.82, 2.24) is 10.6 Å². The third-order valence-electron chi connectivity index (χ3n) is 3.68. The van der Waals surface area contributed by atoms with E-state index >= 15 is 0 Å². The number of amides is 1. The second-order valence-electron chi connectivity index (χ2n) is 5.77. The van der Waals surface area contributed by atoms with Crippen molar-refractivity contribution in [3.8, 4) is 0 Å². The minimum atomic E-state index is 0.153. The number of carbonyl (C=O) groups is 1. The molecule has 0 aromatic carbocycles. The van der Waals surface area contributed by atoms with Crippen LogP contribution < -0.4 is 10.6 Å². The molecule has 3 heteroatoms. The third kappa shape index (κ3) is 3.49. The van der Waals surface area contributed by atoms with Gasteiger partial charge in [0.25, 0.3) is 0 Å². The van der Waals surface area contributed by atoms with E-state index in [9.17, 15) is 4.79 Å². The van der Waals surface area contributed by atoms with E-state index in [1.807, 2.05) is 0 Å². The summed E-state index contributed by atoms with van der Waals surface area (Å²) in [6.07, 6.45) is 3.89. The molecule has 2 aliphatic carbocycles. The molecule has 2 N–H and O–H groups in total. The zero-order valence-corrected chi connectivity index (χ0v) is 9.81. The van der Waals surface area contributed by atoms with Gasteiger partial charge in [-0.25, -0.2) is 0 Å². The number of carbonyl (C=O) groups excluding carboxylic acids is 1. The minimum absolute atomic E-state index is 0.153. The Balaban J connectivity index is 1.48. The number of hydrogen-bond acceptors (Lipinski definition) is 2. The van der Waals surface area contributed by atoms with Crippen molar-refractivity contribution in [1.29, 1.82) is 0 Å². The Morgan fingerprint density at radius 2 is 2.00 bits per heavy atom. The highest BCUT2D eigenvalue weighted by atomic mass is 16.1. The van der Waals surface area contributed by atoms with Crippen LogP contribution in [0.2, 0.25) is 0 Å². The summed E-state index contributed by atoms with van der Waals surface area (Å²) in [5.41, 5.74) is 0.511. The summed E-state index contributed by atoms with van der Waals surface area (Å²) in [5.74, 6) is 1.70. The van der Waals surface area contributed by atoms with Crippen LogP contribution >= 0.6 is 0 Å². The normalized spacial score (nSPS) is 27.5. The van der Waals surface area contributed by atoms with Crippen LogP contribution in [-0.2, 0) is 4.79 Å². The highest BCUT2D eigenvalue weighted by Crippen LogP contribution is 2.50. The Bertz CT molecular complexity index is 246. The molecule has 0 bridgehead atoms. The summed E-state index contributed by atoms with van der Waals surface area (Å²) in [7, 11) is 0. The van der Waals surface area contributed by atoms with E-state index in [1.165, 1.54) is 19.3 Å². The van der Waals surface area contributed by atoms with Crippen molar-refractivity contribution in [2.75, 3.05) is 19.6 Å². The van der Waals surface area contributed by atoms with Crippen molar-refractivity contribution in [2.24, 2.45) is 17.3 Å². The van der Waals surface area contributed by atoms with Crippen LogP contribution in [0.4, 0.5) is 0 Å².